The molecule has 0 aliphatic carbocycles. The van der Waals surface area contributed by atoms with Gasteiger partial charge in [0, 0.05) is 0 Å². The van der Waals surface area contributed by atoms with E-state index in [1.165, 1.54) is 13.3 Å². The van der Waals surface area contributed by atoms with Crippen LogP contribution in [0.15, 0.2) is 12.4 Å². The van der Waals surface area contributed by atoms with Crippen LogP contribution in [0.25, 0.3) is 0 Å². The van der Waals surface area contributed by atoms with E-state index in [1.807, 2.05) is 0 Å². The summed E-state index contributed by atoms with van der Waals surface area (Å²) in [7, 11) is 1.22. The second-order valence-electron chi connectivity index (χ2n) is 2.55. The predicted octanol–water partition coefficient (Wildman–Crippen LogP) is 0.940. The summed E-state index contributed by atoms with van der Waals surface area (Å²) in [6.45, 7) is -0.508. The first kappa shape index (κ1) is 11.3. The van der Waals surface area contributed by atoms with Crippen LogP contribution in [0.5, 0.6) is 0 Å². The number of anilines is 1. The standard InChI is InChI=1S/C8H9F2N3O2/c1-15-8(14)5-2-12-7(4-11-5)13-3-6(9)10/h2,4,6H,3H2,1H3,(H,12,13). The van der Waals surface area contributed by atoms with Gasteiger partial charge in [0.25, 0.3) is 6.43 Å². The molecule has 1 aromatic rings. The van der Waals surface area contributed by atoms with Crippen molar-refractivity contribution in [3.63, 3.8) is 0 Å². The highest BCUT2D eigenvalue weighted by molar-refractivity contribution is 5.86. The van der Waals surface area contributed by atoms with E-state index in [-0.39, 0.29) is 11.5 Å². The Morgan fingerprint density at radius 2 is 2.27 bits per heavy atom. The van der Waals surface area contributed by atoms with E-state index in [4.69, 9.17) is 0 Å². The van der Waals surface area contributed by atoms with Crippen LogP contribution in [0.2, 0.25) is 0 Å². The molecule has 0 saturated carbocycles. The third-order valence-electron chi connectivity index (χ3n) is 1.48. The van der Waals surface area contributed by atoms with Crippen LogP contribution in [0.4, 0.5) is 14.6 Å². The Morgan fingerprint density at radius 3 is 2.73 bits per heavy atom. The summed E-state index contributed by atoms with van der Waals surface area (Å²) in [5.74, 6) is -0.439. The van der Waals surface area contributed by atoms with Crippen LogP contribution in [0.1, 0.15) is 10.5 Å². The lowest BCUT2D eigenvalue weighted by Crippen LogP contribution is -2.12. The van der Waals surface area contributed by atoms with E-state index in [0.29, 0.717) is 0 Å². The van der Waals surface area contributed by atoms with Crippen LogP contribution in [0, 0.1) is 0 Å². The second-order valence-corrected chi connectivity index (χ2v) is 2.55. The van der Waals surface area contributed by atoms with Crippen molar-refractivity contribution in [3.8, 4) is 0 Å². The van der Waals surface area contributed by atoms with Crippen molar-refractivity contribution < 1.29 is 18.3 Å². The summed E-state index contributed by atoms with van der Waals surface area (Å²) in [6, 6.07) is 0. The highest BCUT2D eigenvalue weighted by atomic mass is 19.3. The number of rotatable bonds is 4. The van der Waals surface area contributed by atoms with Gasteiger partial charge in [-0.1, -0.05) is 0 Å². The fourth-order valence-corrected chi connectivity index (χ4v) is 0.811. The molecule has 0 fully saturated rings. The van der Waals surface area contributed by atoms with Gasteiger partial charge in [0.1, 0.15) is 5.82 Å². The second kappa shape index (κ2) is 5.18. The molecule has 0 amide bonds. The van der Waals surface area contributed by atoms with Crippen LogP contribution < -0.4 is 5.32 Å². The number of carbonyl (C=O) groups is 1. The monoisotopic (exact) mass is 217 g/mol. The number of methoxy groups -OCH3 is 1. The minimum atomic E-state index is -2.47. The number of aromatic nitrogens is 2. The third-order valence-corrected chi connectivity index (χ3v) is 1.48. The molecule has 0 aromatic carbocycles. The number of nitrogens with one attached hydrogen (secondary N) is 1. The molecule has 7 heteroatoms. The lowest BCUT2D eigenvalue weighted by atomic mass is 10.4. The Hall–Kier alpha value is -1.79. The number of hydrogen-bond donors (Lipinski definition) is 1. The van der Waals surface area contributed by atoms with Crippen molar-refractivity contribution in [3.05, 3.63) is 18.1 Å². The maximum absolute atomic E-state index is 11.8. The molecule has 0 radical (unpaired) electrons. The average Bonchev–Trinajstić information content (AvgIpc) is 2.26. The van der Waals surface area contributed by atoms with Crippen molar-refractivity contribution in [2.24, 2.45) is 0 Å². The SMILES string of the molecule is COC(=O)c1cnc(NCC(F)F)cn1. The van der Waals surface area contributed by atoms with E-state index in [0.717, 1.165) is 6.20 Å². The van der Waals surface area contributed by atoms with Crippen LogP contribution in [-0.4, -0.2) is 36.0 Å². The van der Waals surface area contributed by atoms with E-state index in [9.17, 15) is 13.6 Å². The maximum atomic E-state index is 11.8. The zero-order valence-electron chi connectivity index (χ0n) is 7.91. The Kier molecular flexibility index (Phi) is 3.90. The highest BCUT2D eigenvalue weighted by Crippen LogP contribution is 2.03. The summed E-state index contributed by atoms with van der Waals surface area (Å²) in [5.41, 5.74) is 0.0279. The number of carbonyl (C=O) groups excluding carboxylic acids is 1. The number of alkyl halides is 2. The average molecular weight is 217 g/mol. The Morgan fingerprint density at radius 1 is 1.53 bits per heavy atom. The van der Waals surface area contributed by atoms with Crippen molar-refractivity contribution in [1.29, 1.82) is 0 Å². The fourth-order valence-electron chi connectivity index (χ4n) is 0.811. The maximum Gasteiger partial charge on any atom is 0.358 e. The lowest BCUT2D eigenvalue weighted by molar-refractivity contribution is 0.0593. The van der Waals surface area contributed by atoms with Gasteiger partial charge in [-0.15, -0.1) is 0 Å². The van der Waals surface area contributed by atoms with Crippen molar-refractivity contribution in [1.82, 2.24) is 9.97 Å². The smallest absolute Gasteiger partial charge is 0.358 e. The molecule has 0 bridgehead atoms. The number of ether oxygens (including phenoxy) is 1. The quantitative estimate of drug-likeness (QED) is 0.760. The molecule has 0 aliphatic heterocycles. The molecule has 1 N–H and O–H groups in total. The molecule has 0 spiro atoms. The van der Waals surface area contributed by atoms with Gasteiger partial charge >= 0.3 is 5.97 Å². The van der Waals surface area contributed by atoms with Gasteiger partial charge in [-0.3, -0.25) is 0 Å². The highest BCUT2D eigenvalue weighted by Gasteiger charge is 2.08. The molecule has 15 heavy (non-hydrogen) atoms. The molecule has 5 nitrogen and oxygen atoms in total. The van der Waals surface area contributed by atoms with Crippen LogP contribution >= 0.6 is 0 Å². The fraction of sp³-hybridized carbons (Fsp3) is 0.375. The Balaban J connectivity index is 2.60. The zero-order chi connectivity index (χ0) is 11.3. The lowest BCUT2D eigenvalue weighted by Gasteiger charge is -2.04. The Labute approximate surface area is 84.5 Å². The van der Waals surface area contributed by atoms with Gasteiger partial charge in [0.05, 0.1) is 26.0 Å². The van der Waals surface area contributed by atoms with Gasteiger partial charge in [0.2, 0.25) is 0 Å². The van der Waals surface area contributed by atoms with Gasteiger partial charge in [0.15, 0.2) is 5.69 Å². The number of nitrogens with zero attached hydrogens (tertiary/aromatic N) is 2. The number of esters is 1. The molecule has 1 heterocycles. The summed E-state index contributed by atoms with van der Waals surface area (Å²) >= 11 is 0. The zero-order valence-corrected chi connectivity index (χ0v) is 7.91. The van der Waals surface area contributed by atoms with Crippen LogP contribution in [0.3, 0.4) is 0 Å². The summed E-state index contributed by atoms with van der Waals surface area (Å²) in [6.07, 6.45) is -0.124. The molecular weight excluding hydrogens is 208 g/mol. The van der Waals surface area contributed by atoms with Crippen molar-refractivity contribution >= 4 is 11.8 Å². The Bertz CT molecular complexity index is 329. The van der Waals surface area contributed by atoms with Gasteiger partial charge in [-0.05, 0) is 0 Å². The molecule has 1 rings (SSSR count). The summed E-state index contributed by atoms with van der Waals surface area (Å²) in [5, 5.41) is 2.35. The van der Waals surface area contributed by atoms with Gasteiger partial charge < -0.3 is 10.1 Å². The summed E-state index contributed by atoms with van der Waals surface area (Å²) < 4.78 is 28.0. The van der Waals surface area contributed by atoms with Crippen molar-refractivity contribution in [2.45, 2.75) is 6.43 Å². The molecule has 0 aliphatic rings. The van der Waals surface area contributed by atoms with E-state index >= 15 is 0 Å². The summed E-state index contributed by atoms with van der Waals surface area (Å²) in [4.78, 5) is 18.3. The molecule has 0 atom stereocenters. The molecule has 0 saturated heterocycles. The van der Waals surface area contributed by atoms with E-state index < -0.39 is 18.9 Å². The first-order valence-electron chi connectivity index (χ1n) is 4.06. The van der Waals surface area contributed by atoms with Crippen molar-refractivity contribution in [2.75, 3.05) is 19.0 Å². The van der Waals surface area contributed by atoms with Gasteiger partial charge in [-0.25, -0.2) is 23.5 Å². The molecule has 1 aromatic heterocycles. The number of halogens is 2. The largest absolute Gasteiger partial charge is 0.464 e. The van der Waals surface area contributed by atoms with Crippen LogP contribution in [-0.2, 0) is 4.74 Å². The molecule has 82 valence electrons. The molecule has 0 unspecified atom stereocenters. The minimum absolute atomic E-state index is 0.0279. The van der Waals surface area contributed by atoms with E-state index in [1.54, 1.807) is 0 Å². The topological polar surface area (TPSA) is 64.1 Å². The minimum Gasteiger partial charge on any atom is -0.464 e. The normalized spacial score (nSPS) is 10.1. The predicted molar refractivity (Wildman–Crippen MR) is 47.9 cm³/mol. The van der Waals surface area contributed by atoms with E-state index in [2.05, 4.69) is 20.0 Å². The number of hydrogen-bond acceptors (Lipinski definition) is 5. The third kappa shape index (κ3) is 3.45. The van der Waals surface area contributed by atoms with Gasteiger partial charge in [-0.2, -0.15) is 0 Å². The molecular formula is C8H9F2N3O2. The first-order valence-corrected chi connectivity index (χ1v) is 4.06. The first-order chi connectivity index (χ1) is 7.13.